The maximum absolute atomic E-state index is 13.3. The molecule has 1 fully saturated rings. The first-order chi connectivity index (χ1) is 12.3. The molecule has 3 nitrogen and oxygen atoms in total. The molecule has 1 atom stereocenters. The second-order valence-corrected chi connectivity index (χ2v) is 7.64. The number of hydrogen-bond donors (Lipinski definition) is 0. The number of carbonyl (C=O) groups excluding carboxylic acids is 1. The van der Waals surface area contributed by atoms with E-state index in [1.165, 1.54) is 37.7 Å². The Labute approximate surface area is 150 Å². The summed E-state index contributed by atoms with van der Waals surface area (Å²) in [5.41, 5.74) is 2.18. The average molecular weight is 336 g/mol. The van der Waals surface area contributed by atoms with Gasteiger partial charge in [-0.3, -0.25) is 9.69 Å². The van der Waals surface area contributed by atoms with Crippen LogP contribution in [-0.4, -0.2) is 16.9 Å². The number of para-hydroxylation sites is 1. The monoisotopic (exact) mass is 336 g/mol. The van der Waals surface area contributed by atoms with E-state index < -0.39 is 0 Å². The predicted octanol–water partition coefficient (Wildman–Crippen LogP) is 5.58. The summed E-state index contributed by atoms with van der Waals surface area (Å²) in [7, 11) is 0. The lowest BCUT2D eigenvalue weighted by Crippen LogP contribution is -2.40. The van der Waals surface area contributed by atoms with Gasteiger partial charge in [-0.15, -0.1) is 0 Å². The number of pyridine rings is 1. The summed E-state index contributed by atoms with van der Waals surface area (Å²) in [6, 6.07) is 10.8. The summed E-state index contributed by atoms with van der Waals surface area (Å²) < 4.78 is 0. The third kappa shape index (κ3) is 3.05. The molecule has 1 aliphatic carbocycles. The van der Waals surface area contributed by atoms with E-state index in [1.807, 2.05) is 6.07 Å². The number of carbonyl (C=O) groups is 1. The Morgan fingerprint density at radius 2 is 1.92 bits per heavy atom. The predicted molar refractivity (Wildman–Crippen MR) is 103 cm³/mol. The summed E-state index contributed by atoms with van der Waals surface area (Å²) in [4.78, 5) is 20.3. The maximum Gasteiger partial charge on any atom is 0.236 e. The number of fused-ring (bicyclic) bond motifs is 2. The lowest BCUT2D eigenvalue weighted by Gasteiger charge is -2.31. The molecule has 132 valence electrons. The summed E-state index contributed by atoms with van der Waals surface area (Å²) in [5, 5.41) is 1.15. The number of anilines is 1. The van der Waals surface area contributed by atoms with Crippen molar-refractivity contribution in [1.82, 2.24) is 4.98 Å². The van der Waals surface area contributed by atoms with Gasteiger partial charge in [0.05, 0.1) is 11.4 Å². The Morgan fingerprint density at radius 3 is 2.72 bits per heavy atom. The van der Waals surface area contributed by atoms with Crippen molar-refractivity contribution in [2.24, 2.45) is 0 Å². The van der Waals surface area contributed by atoms with Gasteiger partial charge < -0.3 is 0 Å². The molecule has 1 saturated carbocycles. The van der Waals surface area contributed by atoms with Crippen LogP contribution in [0.4, 0.5) is 5.82 Å². The van der Waals surface area contributed by atoms with Crippen molar-refractivity contribution in [2.45, 2.75) is 76.7 Å². The molecule has 0 spiro atoms. The summed E-state index contributed by atoms with van der Waals surface area (Å²) in [6.07, 6.45) is 10.5. The Hall–Kier alpha value is -1.90. The average Bonchev–Trinajstić information content (AvgIpc) is 2.92. The molecule has 2 heterocycles. The Kier molecular flexibility index (Phi) is 4.74. The summed E-state index contributed by atoms with van der Waals surface area (Å²) >= 11 is 0. The van der Waals surface area contributed by atoms with Gasteiger partial charge in [-0.1, -0.05) is 63.6 Å². The van der Waals surface area contributed by atoms with Gasteiger partial charge in [0.15, 0.2) is 0 Å². The number of hydrogen-bond acceptors (Lipinski definition) is 2. The Morgan fingerprint density at radius 1 is 1.12 bits per heavy atom. The third-order valence-corrected chi connectivity index (χ3v) is 5.91. The summed E-state index contributed by atoms with van der Waals surface area (Å²) in [5.74, 6) is 1.28. The molecule has 1 unspecified atom stereocenters. The van der Waals surface area contributed by atoms with Gasteiger partial charge in [0, 0.05) is 17.0 Å². The van der Waals surface area contributed by atoms with Gasteiger partial charge >= 0.3 is 0 Å². The van der Waals surface area contributed by atoms with E-state index in [0.717, 1.165) is 42.4 Å². The van der Waals surface area contributed by atoms with E-state index in [9.17, 15) is 4.79 Å². The van der Waals surface area contributed by atoms with E-state index >= 15 is 0 Å². The van der Waals surface area contributed by atoms with Crippen molar-refractivity contribution in [3.05, 3.63) is 35.9 Å². The molecule has 0 N–H and O–H groups in total. The first-order valence-corrected chi connectivity index (χ1v) is 10.0. The molecule has 4 rings (SSSR count). The van der Waals surface area contributed by atoms with Crippen LogP contribution in [0, 0.1) is 0 Å². The fraction of sp³-hybridized carbons (Fsp3) is 0.545. The molecule has 1 amide bonds. The highest BCUT2D eigenvalue weighted by molar-refractivity contribution is 6.06. The van der Waals surface area contributed by atoms with Crippen LogP contribution in [-0.2, 0) is 4.79 Å². The number of rotatable bonds is 5. The van der Waals surface area contributed by atoms with E-state index in [1.54, 1.807) is 0 Å². The standard InChI is InChI=1S/C22H28N2O/c1-2-3-5-13-18-19-15-16-10-8-9-14-20(16)23-21(19)24(22(18)25)17-11-6-4-7-12-17/h8-10,14-15,17-18H,2-7,11-13H2,1H3. The normalized spacial score (nSPS) is 21.1. The molecule has 1 aliphatic heterocycles. The van der Waals surface area contributed by atoms with Crippen LogP contribution in [0.2, 0.25) is 0 Å². The molecule has 1 aromatic heterocycles. The molecule has 1 aromatic carbocycles. The Balaban J connectivity index is 1.74. The summed E-state index contributed by atoms with van der Waals surface area (Å²) in [6.45, 7) is 2.22. The van der Waals surface area contributed by atoms with Gasteiger partial charge in [-0.25, -0.2) is 4.98 Å². The molecule has 0 saturated heterocycles. The first-order valence-electron chi connectivity index (χ1n) is 10.0. The Bertz CT molecular complexity index is 764. The number of amides is 1. The zero-order valence-corrected chi connectivity index (χ0v) is 15.2. The van der Waals surface area contributed by atoms with Crippen molar-refractivity contribution in [3.8, 4) is 0 Å². The van der Waals surface area contributed by atoms with Crippen molar-refractivity contribution in [3.63, 3.8) is 0 Å². The fourth-order valence-electron chi connectivity index (χ4n) is 4.55. The minimum absolute atomic E-state index is 0.0144. The lowest BCUT2D eigenvalue weighted by molar-refractivity contribution is -0.120. The highest BCUT2D eigenvalue weighted by Crippen LogP contribution is 2.43. The van der Waals surface area contributed by atoms with E-state index in [2.05, 4.69) is 36.1 Å². The van der Waals surface area contributed by atoms with Crippen molar-refractivity contribution in [1.29, 1.82) is 0 Å². The topological polar surface area (TPSA) is 33.2 Å². The van der Waals surface area contributed by atoms with E-state index in [0.29, 0.717) is 11.9 Å². The van der Waals surface area contributed by atoms with Crippen molar-refractivity contribution in [2.75, 3.05) is 4.90 Å². The number of unbranched alkanes of at least 4 members (excludes halogenated alkanes) is 2. The molecular weight excluding hydrogens is 308 g/mol. The van der Waals surface area contributed by atoms with Gasteiger partial charge in [-0.2, -0.15) is 0 Å². The zero-order valence-electron chi connectivity index (χ0n) is 15.2. The van der Waals surface area contributed by atoms with Crippen molar-refractivity contribution >= 4 is 22.6 Å². The smallest absolute Gasteiger partial charge is 0.236 e. The van der Waals surface area contributed by atoms with Crippen LogP contribution in [0.15, 0.2) is 30.3 Å². The van der Waals surface area contributed by atoms with Crippen LogP contribution < -0.4 is 4.90 Å². The molecular formula is C22H28N2O. The number of benzene rings is 1. The second-order valence-electron chi connectivity index (χ2n) is 7.64. The first kappa shape index (κ1) is 16.6. The van der Waals surface area contributed by atoms with E-state index in [4.69, 9.17) is 4.98 Å². The van der Waals surface area contributed by atoms with Crippen LogP contribution in [0.1, 0.15) is 76.2 Å². The van der Waals surface area contributed by atoms with Gasteiger partial charge in [0.25, 0.3) is 0 Å². The molecule has 25 heavy (non-hydrogen) atoms. The highest BCUT2D eigenvalue weighted by atomic mass is 16.2. The molecule has 2 aliphatic rings. The SMILES string of the molecule is CCCCCC1C(=O)N(C2CCCCC2)c2nc3ccccc3cc21. The van der Waals surface area contributed by atoms with Gasteiger partial charge in [0.2, 0.25) is 5.91 Å². The zero-order chi connectivity index (χ0) is 17.2. The van der Waals surface area contributed by atoms with Crippen LogP contribution >= 0.6 is 0 Å². The minimum Gasteiger partial charge on any atom is -0.293 e. The maximum atomic E-state index is 13.3. The minimum atomic E-state index is 0.0144. The fourth-order valence-corrected chi connectivity index (χ4v) is 4.55. The van der Waals surface area contributed by atoms with E-state index in [-0.39, 0.29) is 5.92 Å². The molecule has 2 aromatic rings. The van der Waals surface area contributed by atoms with Crippen molar-refractivity contribution < 1.29 is 4.79 Å². The quantitative estimate of drug-likeness (QED) is 0.668. The molecule has 0 radical (unpaired) electrons. The van der Waals surface area contributed by atoms with Crippen LogP contribution in [0.25, 0.3) is 10.9 Å². The van der Waals surface area contributed by atoms with Crippen LogP contribution in [0.5, 0.6) is 0 Å². The second kappa shape index (κ2) is 7.15. The number of nitrogens with zero attached hydrogens (tertiary/aromatic N) is 2. The number of aromatic nitrogens is 1. The largest absolute Gasteiger partial charge is 0.293 e. The van der Waals surface area contributed by atoms with Gasteiger partial charge in [-0.05, 0) is 31.4 Å². The molecule has 0 bridgehead atoms. The van der Waals surface area contributed by atoms with Crippen LogP contribution in [0.3, 0.4) is 0 Å². The highest BCUT2D eigenvalue weighted by Gasteiger charge is 2.41. The molecule has 3 heteroatoms. The van der Waals surface area contributed by atoms with Gasteiger partial charge in [0.1, 0.15) is 5.82 Å². The lowest BCUT2D eigenvalue weighted by atomic mass is 9.93. The third-order valence-electron chi connectivity index (χ3n) is 5.91.